The Morgan fingerprint density at radius 1 is 1.15 bits per heavy atom. The van der Waals surface area contributed by atoms with Crippen molar-refractivity contribution in [3.05, 3.63) is 50.9 Å². The normalized spacial score (nSPS) is 11.9. The quantitative estimate of drug-likeness (QED) is 0.549. The third-order valence-corrected chi connectivity index (χ3v) is 5.03. The maximum atomic E-state index is 12.4. The summed E-state index contributed by atoms with van der Waals surface area (Å²) >= 11 is 6.64. The molecule has 0 saturated carbocycles. The van der Waals surface area contributed by atoms with Crippen molar-refractivity contribution in [2.45, 2.75) is 0 Å². The maximum absolute atomic E-state index is 12.4. The number of carbonyl (C=O) groups excluding carboxylic acids is 1. The molecule has 1 N–H and O–H groups in total. The van der Waals surface area contributed by atoms with Crippen LogP contribution >= 0.6 is 31.9 Å². The summed E-state index contributed by atoms with van der Waals surface area (Å²) in [6.07, 6.45) is 0. The zero-order valence-electron chi connectivity index (χ0n) is 9.93. The molecule has 0 atom stereocenters. The van der Waals surface area contributed by atoms with Gasteiger partial charge in [-0.25, -0.2) is 0 Å². The van der Waals surface area contributed by atoms with Crippen LogP contribution in [0.4, 0.5) is 17.1 Å². The van der Waals surface area contributed by atoms with E-state index >= 15 is 0 Å². The van der Waals surface area contributed by atoms with E-state index in [1.165, 1.54) is 0 Å². The van der Waals surface area contributed by atoms with Gasteiger partial charge in [0.2, 0.25) is 0 Å². The first-order valence-corrected chi connectivity index (χ1v) is 8.74. The van der Waals surface area contributed by atoms with Gasteiger partial charge in [0.05, 0.1) is 0 Å². The molecule has 0 radical (unpaired) electrons. The topological polar surface area (TPSA) is 53.8 Å². The summed E-state index contributed by atoms with van der Waals surface area (Å²) < 4.78 is 10.2. The van der Waals surface area contributed by atoms with Crippen LogP contribution in [0.2, 0.25) is 0 Å². The number of hydrogen-bond acceptors (Lipinski definition) is 3. The Morgan fingerprint density at radius 2 is 2.00 bits per heavy atom. The molecule has 7 heteroatoms. The molecule has 0 unspecified atom stereocenters. The van der Waals surface area contributed by atoms with E-state index in [4.69, 9.17) is 0 Å². The van der Waals surface area contributed by atoms with Gasteiger partial charge in [0, 0.05) is 0 Å². The van der Waals surface area contributed by atoms with Gasteiger partial charge < -0.3 is 0 Å². The van der Waals surface area contributed by atoms with Crippen molar-refractivity contribution in [3.8, 4) is 0 Å². The molecule has 0 saturated heterocycles. The first-order chi connectivity index (χ1) is 9.65. The van der Waals surface area contributed by atoms with Crippen LogP contribution in [0.5, 0.6) is 0 Å². The zero-order valence-corrected chi connectivity index (χ0v) is 14.8. The molecule has 0 spiro atoms. The number of hydrogen-bond donors (Lipinski definition) is 1. The minimum atomic E-state index is -0.179. The summed E-state index contributed by atoms with van der Waals surface area (Å²) in [6, 6.07) is 11.1. The first-order valence-electron chi connectivity index (χ1n) is 5.63. The van der Waals surface area contributed by atoms with Crippen LogP contribution < -0.4 is 5.32 Å². The summed E-state index contributed by atoms with van der Waals surface area (Å²) in [5.74, 6) is -0.179. The number of amides is 1. The van der Waals surface area contributed by atoms with Gasteiger partial charge in [0.15, 0.2) is 0 Å². The second-order valence-corrected chi connectivity index (χ2v) is 6.89. The van der Waals surface area contributed by atoms with Gasteiger partial charge >= 0.3 is 138 Å². The molecule has 0 aromatic heterocycles. The van der Waals surface area contributed by atoms with Crippen LogP contribution in [-0.2, 0) is 0 Å². The van der Waals surface area contributed by atoms with Gasteiger partial charge in [-0.05, 0) is 0 Å². The minimum absolute atomic E-state index is 0.112. The molecule has 20 heavy (non-hydrogen) atoms. The van der Waals surface area contributed by atoms with Crippen LogP contribution in [-0.4, -0.2) is 20.5 Å². The molecule has 4 nitrogen and oxygen atoms in total. The van der Waals surface area contributed by atoms with Gasteiger partial charge in [-0.1, -0.05) is 0 Å². The molecule has 1 aliphatic heterocycles. The molecule has 2 aromatic carbocycles. The number of nitrogens with zero attached hydrogens (tertiary/aromatic N) is 2. The van der Waals surface area contributed by atoms with Crippen molar-refractivity contribution in [1.82, 2.24) is 0 Å². The average Bonchev–Trinajstić information content (AvgIpc) is 2.91. The van der Waals surface area contributed by atoms with E-state index in [1.54, 1.807) is 6.07 Å². The molecule has 3 rings (SSSR count). The molecule has 0 aliphatic carbocycles. The van der Waals surface area contributed by atoms with Crippen LogP contribution in [0, 0.1) is 0 Å². The molecular weight excluding hydrogens is 453 g/mol. The Morgan fingerprint density at radius 3 is 2.85 bits per heavy atom. The van der Waals surface area contributed by atoms with E-state index in [2.05, 4.69) is 45.1 Å². The van der Waals surface area contributed by atoms with Crippen molar-refractivity contribution in [1.29, 1.82) is 0 Å². The third kappa shape index (κ3) is 2.72. The third-order valence-electron chi connectivity index (χ3n) is 2.71. The van der Waals surface area contributed by atoms with Crippen molar-refractivity contribution < 1.29 is 4.79 Å². The molecule has 2 aromatic rings. The Bertz CT molecular complexity index is 785. The van der Waals surface area contributed by atoms with Crippen molar-refractivity contribution in [2.75, 3.05) is 5.32 Å². The van der Waals surface area contributed by atoms with Crippen LogP contribution in [0.25, 0.3) is 0 Å². The van der Waals surface area contributed by atoms with E-state index in [9.17, 15) is 4.79 Å². The van der Waals surface area contributed by atoms with Crippen LogP contribution in [0.1, 0.15) is 10.4 Å². The summed E-state index contributed by atoms with van der Waals surface area (Å²) in [4.78, 5) is 12.4. The average molecular weight is 460 g/mol. The predicted octanol–water partition coefficient (Wildman–Crippen LogP) is 4.81. The number of rotatable bonds is 2. The molecule has 1 amide bonds. The van der Waals surface area contributed by atoms with Crippen LogP contribution in [0.15, 0.2) is 53.3 Å². The van der Waals surface area contributed by atoms with Gasteiger partial charge in [-0.15, -0.1) is 0 Å². The standard InChI is InChI=1S/C13H7Br2N3OSe/c14-7-4-5-9(15)8(6-7)13(19)16-10-2-1-3-11-12(10)18-20-17-11/h1-6H,(H,16,19). The fourth-order valence-electron chi connectivity index (χ4n) is 1.77. The van der Waals surface area contributed by atoms with Gasteiger partial charge in [-0.3, -0.25) is 0 Å². The van der Waals surface area contributed by atoms with Crippen molar-refractivity contribution in [3.63, 3.8) is 0 Å². The Kier molecular flexibility index (Phi) is 4.03. The number of carbonyl (C=O) groups is 1. The van der Waals surface area contributed by atoms with E-state index in [1.807, 2.05) is 30.3 Å². The number of anilines is 1. The van der Waals surface area contributed by atoms with Crippen LogP contribution in [0.3, 0.4) is 0 Å². The van der Waals surface area contributed by atoms with E-state index < -0.39 is 0 Å². The van der Waals surface area contributed by atoms with Gasteiger partial charge in [-0.2, -0.15) is 0 Å². The SMILES string of the molecule is O=C(Nc1cccc2c1N=[Se]=N2)c1cc(Br)ccc1Br. The molecular formula is C13H7Br2N3OSe. The second kappa shape index (κ2) is 5.77. The van der Waals surface area contributed by atoms with Crippen molar-refractivity contribution >= 4 is 69.4 Å². The van der Waals surface area contributed by atoms with Gasteiger partial charge in [0.25, 0.3) is 0 Å². The number of fused-ring (bicyclic) bond motifs is 1. The van der Waals surface area contributed by atoms with Gasteiger partial charge in [0.1, 0.15) is 0 Å². The Labute approximate surface area is 138 Å². The summed E-state index contributed by atoms with van der Waals surface area (Å²) in [7, 11) is 0. The molecule has 1 aliphatic rings. The van der Waals surface area contributed by atoms with Crippen molar-refractivity contribution in [2.24, 2.45) is 7.92 Å². The summed E-state index contributed by atoms with van der Waals surface area (Å²) in [6.45, 7) is 0. The van der Waals surface area contributed by atoms with E-state index in [0.29, 0.717) is 11.3 Å². The number of halogens is 2. The fourth-order valence-corrected chi connectivity index (χ4v) is 3.71. The predicted molar refractivity (Wildman–Crippen MR) is 86.2 cm³/mol. The second-order valence-electron chi connectivity index (χ2n) is 4.02. The summed E-state index contributed by atoms with van der Waals surface area (Å²) in [5.41, 5.74) is 2.88. The fraction of sp³-hybridized carbons (Fsp3) is 0. The summed E-state index contributed by atoms with van der Waals surface area (Å²) in [5, 5.41) is 2.89. The number of benzene rings is 2. The monoisotopic (exact) mass is 459 g/mol. The first kappa shape index (κ1) is 13.9. The molecule has 1 heterocycles. The zero-order chi connectivity index (χ0) is 14.1. The van der Waals surface area contributed by atoms with E-state index in [-0.39, 0.29) is 20.5 Å². The molecule has 100 valence electrons. The number of nitrogens with one attached hydrogen (secondary N) is 1. The Hall–Kier alpha value is -1.01. The van der Waals surface area contributed by atoms with E-state index in [0.717, 1.165) is 20.3 Å². The molecule has 0 fully saturated rings. The molecule has 0 bridgehead atoms. The Balaban J connectivity index is 1.93.